The molecule has 0 aromatic rings. The van der Waals surface area contributed by atoms with Gasteiger partial charge in [-0.2, -0.15) is 0 Å². The van der Waals surface area contributed by atoms with E-state index in [1.807, 2.05) is 0 Å². The molecule has 0 rings (SSSR count). The summed E-state index contributed by atoms with van der Waals surface area (Å²) in [6, 6.07) is 0. The predicted octanol–water partition coefficient (Wildman–Crippen LogP) is 1.18. The summed E-state index contributed by atoms with van der Waals surface area (Å²) in [6.07, 6.45) is 6.01. The van der Waals surface area contributed by atoms with Crippen LogP contribution in [0.4, 0.5) is 0 Å². The van der Waals surface area contributed by atoms with Gasteiger partial charge in [0.05, 0.1) is 0 Å². The van der Waals surface area contributed by atoms with Crippen molar-refractivity contribution < 1.29 is 0 Å². The van der Waals surface area contributed by atoms with Gasteiger partial charge < -0.3 is 0 Å². The first kappa shape index (κ1) is 9.60. The van der Waals surface area contributed by atoms with E-state index in [0.29, 0.717) is 0 Å². The van der Waals surface area contributed by atoms with Crippen molar-refractivity contribution in [3.63, 3.8) is 0 Å². The van der Waals surface area contributed by atoms with E-state index in [9.17, 15) is 0 Å². The van der Waals surface area contributed by atoms with Gasteiger partial charge in [0.25, 0.3) is 0 Å². The number of rotatable bonds is 5. The van der Waals surface area contributed by atoms with Gasteiger partial charge >= 0.3 is 79.6 Å². The Labute approximate surface area is 79.0 Å². The summed E-state index contributed by atoms with van der Waals surface area (Å²) >= 11 is 2.94. The van der Waals surface area contributed by atoms with Crippen molar-refractivity contribution in [3.8, 4) is 0 Å². The fourth-order valence-electron chi connectivity index (χ4n) is 0.642. The molecule has 0 aliphatic carbocycles. The minimum atomic E-state index is 1.47. The molecule has 0 nitrogen and oxygen atoms in total. The molecule has 0 aromatic carbocycles. The normalized spacial score (nSPS) is 9.75. The van der Waals surface area contributed by atoms with Gasteiger partial charge in [0.1, 0.15) is 0 Å². The first-order chi connectivity index (χ1) is 3.91. The van der Waals surface area contributed by atoms with Crippen LogP contribution in [-0.2, 0) is 0 Å². The van der Waals surface area contributed by atoms with Crippen LogP contribution in [0, 0.1) is 0 Å². The zero-order valence-electron chi connectivity index (χ0n) is 5.40. The molecule has 0 aromatic heterocycles. The summed E-state index contributed by atoms with van der Waals surface area (Å²) in [5.74, 6) is 0. The van der Waals surface area contributed by atoms with Gasteiger partial charge in [-0.3, -0.25) is 0 Å². The van der Waals surface area contributed by atoms with Crippen LogP contribution in [0.1, 0.15) is 25.7 Å². The molecule has 0 N–H and O–H groups in total. The second-order valence-electron chi connectivity index (χ2n) is 1.99. The molecule has 8 heavy (non-hydrogen) atoms. The van der Waals surface area contributed by atoms with Crippen LogP contribution in [0.25, 0.3) is 0 Å². The van der Waals surface area contributed by atoms with Crippen LogP contribution in [0.15, 0.2) is 0 Å². The van der Waals surface area contributed by atoms with E-state index < -0.39 is 0 Å². The van der Waals surface area contributed by atoms with Gasteiger partial charge in [-0.1, -0.05) is 0 Å². The monoisotopic (exact) mass is 326 g/mol. The van der Waals surface area contributed by atoms with E-state index >= 15 is 0 Å². The third-order valence-corrected chi connectivity index (χ3v) is 3.49. The molecule has 0 amide bonds. The van der Waals surface area contributed by atoms with Gasteiger partial charge in [-0.05, 0) is 0 Å². The second kappa shape index (κ2) is 8.60. The molecule has 0 heterocycles. The van der Waals surface area contributed by atoms with Crippen molar-refractivity contribution in [2.75, 3.05) is 0 Å². The van der Waals surface area contributed by atoms with E-state index in [1.54, 1.807) is 0 Å². The van der Waals surface area contributed by atoms with Crippen LogP contribution >= 0.6 is 0 Å². The van der Waals surface area contributed by atoms with Crippen molar-refractivity contribution in [2.24, 2.45) is 0 Å². The standard InChI is InChI=1S/C6H12.2Sn.2H/c1-3-5-6-4-2;;;;/h1-6H2;;;;. The van der Waals surface area contributed by atoms with E-state index in [0.717, 1.165) is 0 Å². The Hall–Kier alpha value is 1.60. The topological polar surface area (TPSA) is 0 Å². The van der Waals surface area contributed by atoms with Gasteiger partial charge in [0, 0.05) is 0 Å². The summed E-state index contributed by atoms with van der Waals surface area (Å²) in [5.41, 5.74) is 0. The Bertz CT molecular complexity index is 31.5. The minimum absolute atomic E-state index is 1.47. The maximum atomic E-state index is 1.51. The summed E-state index contributed by atoms with van der Waals surface area (Å²) in [6.45, 7) is 0. The van der Waals surface area contributed by atoms with Gasteiger partial charge in [0.2, 0.25) is 0 Å². The van der Waals surface area contributed by atoms with Crippen LogP contribution in [0.2, 0.25) is 8.87 Å². The maximum absolute atomic E-state index is 1.51. The van der Waals surface area contributed by atoms with Crippen molar-refractivity contribution >= 4 is 45.0 Å². The Balaban J connectivity index is 2.53. The van der Waals surface area contributed by atoms with Gasteiger partial charge in [-0.25, -0.2) is 0 Å². The van der Waals surface area contributed by atoms with Crippen molar-refractivity contribution in [1.82, 2.24) is 0 Å². The van der Waals surface area contributed by atoms with Crippen molar-refractivity contribution in [3.05, 3.63) is 0 Å². The molecule has 0 saturated carbocycles. The summed E-state index contributed by atoms with van der Waals surface area (Å²) in [4.78, 5) is 0. The fourth-order valence-corrected chi connectivity index (χ4v) is 2.29. The molecule has 2 heteroatoms. The average molecular weight is 324 g/mol. The molecule has 0 unspecified atom stereocenters. The van der Waals surface area contributed by atoms with Gasteiger partial charge in [-0.15, -0.1) is 0 Å². The quantitative estimate of drug-likeness (QED) is 0.527. The summed E-state index contributed by atoms with van der Waals surface area (Å²) in [7, 11) is 0. The molecule has 0 atom stereocenters. The predicted molar refractivity (Wildman–Crippen MR) is 42.4 cm³/mol. The second-order valence-corrected chi connectivity index (χ2v) is 5.29. The number of hydrogen-bond donors (Lipinski definition) is 0. The van der Waals surface area contributed by atoms with E-state index in [1.165, 1.54) is 79.6 Å². The van der Waals surface area contributed by atoms with Crippen LogP contribution in [-0.4, -0.2) is 45.0 Å². The van der Waals surface area contributed by atoms with Crippen molar-refractivity contribution in [2.45, 2.75) is 34.6 Å². The Morgan fingerprint density at radius 2 is 1.00 bits per heavy atom. The molecule has 0 spiro atoms. The zero-order chi connectivity index (χ0) is 6.24. The molecule has 0 fully saturated rings. The average Bonchev–Trinajstić information content (AvgIpc) is 1.81. The summed E-state index contributed by atoms with van der Waals surface area (Å²) in [5, 5.41) is 0. The molecule has 4 radical (unpaired) electrons. The van der Waals surface area contributed by atoms with Crippen LogP contribution < -0.4 is 0 Å². The first-order valence-corrected chi connectivity index (χ1v) is 7.98. The third-order valence-electron chi connectivity index (χ3n) is 1.16. The molecule has 0 aliphatic rings. The molecule has 0 bridgehead atoms. The Kier molecular flexibility index (Phi) is 10.3. The number of hydrogen-bond acceptors (Lipinski definition) is 0. The fraction of sp³-hybridized carbons (Fsp3) is 1.00. The Morgan fingerprint density at radius 1 is 0.625 bits per heavy atom. The Morgan fingerprint density at radius 3 is 1.25 bits per heavy atom. The van der Waals surface area contributed by atoms with Gasteiger partial charge in [0.15, 0.2) is 0 Å². The van der Waals surface area contributed by atoms with Crippen LogP contribution in [0.3, 0.4) is 0 Å². The molecule has 0 aliphatic heterocycles. The number of unbranched alkanes of at least 4 members (excludes halogenated alkanes) is 3. The van der Waals surface area contributed by atoms with Crippen LogP contribution in [0.5, 0.6) is 0 Å². The van der Waals surface area contributed by atoms with E-state index in [-0.39, 0.29) is 0 Å². The summed E-state index contributed by atoms with van der Waals surface area (Å²) < 4.78 is 3.01. The van der Waals surface area contributed by atoms with E-state index in [4.69, 9.17) is 0 Å². The SMILES string of the molecule is [SnH][CH2]CCCC[CH2][SnH]. The van der Waals surface area contributed by atoms with E-state index in [2.05, 4.69) is 0 Å². The molecule has 46 valence electrons. The molecule has 0 saturated heterocycles. The molecular weight excluding hydrogens is 309 g/mol. The third kappa shape index (κ3) is 7.60. The molecular formula is C6H14Sn2. The van der Waals surface area contributed by atoms with Crippen molar-refractivity contribution in [1.29, 1.82) is 0 Å². The first-order valence-electron chi connectivity index (χ1n) is 3.32. The zero-order valence-corrected chi connectivity index (χ0v) is 12.0.